The van der Waals surface area contributed by atoms with Crippen molar-refractivity contribution in [1.29, 1.82) is 0 Å². The fourth-order valence-corrected chi connectivity index (χ4v) is 1.47. The Morgan fingerprint density at radius 2 is 1.78 bits per heavy atom. The van der Waals surface area contributed by atoms with E-state index in [-0.39, 0.29) is 17.9 Å². The van der Waals surface area contributed by atoms with Crippen molar-refractivity contribution in [1.82, 2.24) is 0 Å². The van der Waals surface area contributed by atoms with Crippen LogP contribution >= 0.6 is 0 Å². The Hall–Kier alpha value is -2.36. The molecule has 0 aliphatic heterocycles. The smallest absolute Gasteiger partial charge is 0.335 e. The van der Waals surface area contributed by atoms with Crippen molar-refractivity contribution < 1.29 is 19.0 Å². The average Bonchev–Trinajstić information content (AvgIpc) is 2.38. The number of aromatic carboxylic acids is 1. The maximum atomic E-state index is 13.3. The number of para-hydroxylation sites is 1. The molecule has 0 aliphatic rings. The minimum Gasteiger partial charge on any atom is -0.486 e. The molecule has 0 radical (unpaired) electrons. The molecule has 4 heteroatoms. The second-order valence-electron chi connectivity index (χ2n) is 3.72. The fourth-order valence-electron chi connectivity index (χ4n) is 1.47. The normalized spacial score (nSPS) is 10.1. The number of carboxylic acid groups (broad SMARTS) is 1. The third-order valence-electron chi connectivity index (χ3n) is 2.43. The van der Waals surface area contributed by atoms with Crippen LogP contribution in [0.1, 0.15) is 15.9 Å². The van der Waals surface area contributed by atoms with Crippen molar-refractivity contribution in [3.63, 3.8) is 0 Å². The highest BCUT2D eigenvalue weighted by molar-refractivity contribution is 5.87. The Labute approximate surface area is 103 Å². The lowest BCUT2D eigenvalue weighted by molar-refractivity contribution is 0.0697. The van der Waals surface area contributed by atoms with Crippen LogP contribution in [0.4, 0.5) is 4.39 Å². The number of rotatable bonds is 4. The van der Waals surface area contributed by atoms with Gasteiger partial charge in [0.25, 0.3) is 0 Å². The zero-order chi connectivity index (χ0) is 13.0. The zero-order valence-corrected chi connectivity index (χ0v) is 9.47. The first kappa shape index (κ1) is 12.1. The number of carboxylic acids is 1. The van der Waals surface area contributed by atoms with Gasteiger partial charge in [-0.3, -0.25) is 0 Å². The second-order valence-corrected chi connectivity index (χ2v) is 3.72. The minimum atomic E-state index is -0.975. The van der Waals surface area contributed by atoms with Crippen LogP contribution < -0.4 is 4.74 Å². The van der Waals surface area contributed by atoms with Gasteiger partial charge in [0, 0.05) is 0 Å². The molecule has 0 fully saturated rings. The number of benzene rings is 2. The van der Waals surface area contributed by atoms with Gasteiger partial charge in [0.1, 0.15) is 6.61 Å². The monoisotopic (exact) mass is 246 g/mol. The number of halogens is 1. The van der Waals surface area contributed by atoms with Gasteiger partial charge in [0.15, 0.2) is 11.6 Å². The third-order valence-corrected chi connectivity index (χ3v) is 2.43. The van der Waals surface area contributed by atoms with E-state index in [1.165, 1.54) is 18.2 Å². The van der Waals surface area contributed by atoms with E-state index in [9.17, 15) is 9.18 Å². The van der Waals surface area contributed by atoms with Gasteiger partial charge in [-0.25, -0.2) is 9.18 Å². The zero-order valence-electron chi connectivity index (χ0n) is 9.47. The minimum absolute atomic E-state index is 0.180. The molecule has 0 atom stereocenters. The highest BCUT2D eigenvalue weighted by Gasteiger charge is 2.04. The first-order valence-corrected chi connectivity index (χ1v) is 5.36. The highest BCUT2D eigenvalue weighted by atomic mass is 19.1. The summed E-state index contributed by atoms with van der Waals surface area (Å²) in [6.45, 7) is 0.195. The number of hydrogen-bond donors (Lipinski definition) is 1. The van der Waals surface area contributed by atoms with Gasteiger partial charge in [-0.15, -0.1) is 0 Å². The SMILES string of the molecule is O=C(O)c1ccc(COc2ccccc2F)cc1. The number of carbonyl (C=O) groups is 1. The van der Waals surface area contributed by atoms with Gasteiger partial charge in [0.2, 0.25) is 0 Å². The molecule has 0 aliphatic carbocycles. The molecule has 3 nitrogen and oxygen atoms in total. The van der Waals surface area contributed by atoms with Crippen LogP contribution in [0.5, 0.6) is 5.75 Å². The molecule has 92 valence electrons. The van der Waals surface area contributed by atoms with E-state index in [1.807, 2.05) is 0 Å². The van der Waals surface area contributed by atoms with Gasteiger partial charge in [-0.05, 0) is 29.8 Å². The Kier molecular flexibility index (Phi) is 3.57. The van der Waals surface area contributed by atoms with Crippen LogP contribution in [0.2, 0.25) is 0 Å². The van der Waals surface area contributed by atoms with Crippen LogP contribution in [0.25, 0.3) is 0 Å². The van der Waals surface area contributed by atoms with Gasteiger partial charge >= 0.3 is 5.97 Å². The van der Waals surface area contributed by atoms with Crippen LogP contribution in [-0.2, 0) is 6.61 Å². The maximum Gasteiger partial charge on any atom is 0.335 e. The molecular formula is C14H11FO3. The Balaban J connectivity index is 2.02. The maximum absolute atomic E-state index is 13.3. The molecular weight excluding hydrogens is 235 g/mol. The molecule has 2 aromatic rings. The van der Waals surface area contributed by atoms with Gasteiger partial charge in [-0.1, -0.05) is 24.3 Å². The van der Waals surface area contributed by atoms with Gasteiger partial charge in [0.05, 0.1) is 5.56 Å². The highest BCUT2D eigenvalue weighted by Crippen LogP contribution is 2.17. The van der Waals surface area contributed by atoms with Crippen molar-refractivity contribution in [3.8, 4) is 5.75 Å². The van der Waals surface area contributed by atoms with Crippen molar-refractivity contribution in [2.24, 2.45) is 0 Å². The van der Waals surface area contributed by atoms with Crippen LogP contribution in [0.3, 0.4) is 0 Å². The van der Waals surface area contributed by atoms with E-state index >= 15 is 0 Å². The Bertz CT molecular complexity index is 549. The van der Waals surface area contributed by atoms with Crippen LogP contribution in [-0.4, -0.2) is 11.1 Å². The summed E-state index contributed by atoms with van der Waals surface area (Å²) in [6.07, 6.45) is 0. The molecule has 0 amide bonds. The lowest BCUT2D eigenvalue weighted by atomic mass is 10.1. The lowest BCUT2D eigenvalue weighted by Gasteiger charge is -2.07. The molecule has 0 saturated heterocycles. The molecule has 18 heavy (non-hydrogen) atoms. The van der Waals surface area contributed by atoms with Crippen molar-refractivity contribution in [2.45, 2.75) is 6.61 Å². The standard InChI is InChI=1S/C14H11FO3/c15-12-3-1-2-4-13(12)18-9-10-5-7-11(8-6-10)14(16)17/h1-8H,9H2,(H,16,17). The summed E-state index contributed by atoms with van der Waals surface area (Å²) in [5.74, 6) is -1.21. The topological polar surface area (TPSA) is 46.5 Å². The first-order valence-electron chi connectivity index (χ1n) is 5.36. The summed E-state index contributed by atoms with van der Waals surface area (Å²) in [5.41, 5.74) is 0.993. The first-order chi connectivity index (χ1) is 8.66. The molecule has 0 bridgehead atoms. The largest absolute Gasteiger partial charge is 0.486 e. The quantitative estimate of drug-likeness (QED) is 0.901. The number of hydrogen-bond acceptors (Lipinski definition) is 2. The molecule has 0 spiro atoms. The fraction of sp³-hybridized carbons (Fsp3) is 0.0714. The Morgan fingerprint density at radius 1 is 1.11 bits per heavy atom. The summed E-state index contributed by atoms with van der Waals surface area (Å²) in [5, 5.41) is 8.74. The lowest BCUT2D eigenvalue weighted by Crippen LogP contribution is -1.99. The van der Waals surface area contributed by atoms with Gasteiger partial charge < -0.3 is 9.84 Å². The predicted octanol–water partition coefficient (Wildman–Crippen LogP) is 3.10. The summed E-state index contributed by atoms with van der Waals surface area (Å²) in [6, 6.07) is 12.4. The predicted molar refractivity (Wildman–Crippen MR) is 64.1 cm³/mol. The molecule has 0 unspecified atom stereocenters. The van der Waals surface area contributed by atoms with Crippen molar-refractivity contribution in [2.75, 3.05) is 0 Å². The molecule has 2 aromatic carbocycles. The van der Waals surface area contributed by atoms with Gasteiger partial charge in [-0.2, -0.15) is 0 Å². The summed E-state index contributed by atoms with van der Waals surface area (Å²) in [4.78, 5) is 10.7. The van der Waals surface area contributed by atoms with E-state index in [0.29, 0.717) is 0 Å². The van der Waals surface area contributed by atoms with E-state index in [1.54, 1.807) is 30.3 Å². The molecule has 0 heterocycles. The third kappa shape index (κ3) is 2.85. The van der Waals surface area contributed by atoms with Crippen molar-refractivity contribution in [3.05, 3.63) is 65.5 Å². The summed E-state index contributed by atoms with van der Waals surface area (Å²) in [7, 11) is 0. The Morgan fingerprint density at radius 3 is 2.39 bits per heavy atom. The average molecular weight is 246 g/mol. The van der Waals surface area contributed by atoms with Crippen molar-refractivity contribution >= 4 is 5.97 Å². The molecule has 0 aromatic heterocycles. The van der Waals surface area contributed by atoms with E-state index in [2.05, 4.69) is 0 Å². The summed E-state index contributed by atoms with van der Waals surface area (Å²) < 4.78 is 18.6. The molecule has 1 N–H and O–H groups in total. The van der Waals surface area contributed by atoms with E-state index < -0.39 is 11.8 Å². The second kappa shape index (κ2) is 5.31. The van der Waals surface area contributed by atoms with Crippen LogP contribution in [0, 0.1) is 5.82 Å². The van der Waals surface area contributed by atoms with E-state index in [0.717, 1.165) is 5.56 Å². The molecule has 2 rings (SSSR count). The van der Waals surface area contributed by atoms with Crippen LogP contribution in [0.15, 0.2) is 48.5 Å². The summed E-state index contributed by atoms with van der Waals surface area (Å²) >= 11 is 0. The van der Waals surface area contributed by atoms with E-state index in [4.69, 9.17) is 9.84 Å². The molecule has 0 saturated carbocycles. The number of ether oxygens (including phenoxy) is 1.